The van der Waals surface area contributed by atoms with Crippen LogP contribution >= 0.6 is 0 Å². The average Bonchev–Trinajstić information content (AvgIpc) is 2.17. The molecule has 0 aromatic heterocycles. The molecule has 0 bridgehead atoms. The Labute approximate surface area is 94.8 Å². The van der Waals surface area contributed by atoms with Gasteiger partial charge >= 0.3 is 0 Å². The first-order chi connectivity index (χ1) is 6.90. The lowest BCUT2D eigenvalue weighted by Crippen LogP contribution is -2.28. The maximum Gasteiger partial charge on any atom is 0.00625 e. The third-order valence-electron chi connectivity index (χ3n) is 3.78. The predicted octanol–water partition coefficient (Wildman–Crippen LogP) is 4.75. The first kappa shape index (κ1) is 12.3. The molecule has 1 aliphatic carbocycles. The van der Waals surface area contributed by atoms with Crippen LogP contribution in [0.4, 0.5) is 0 Å². The van der Waals surface area contributed by atoms with Gasteiger partial charge in [0.1, 0.15) is 0 Å². The van der Waals surface area contributed by atoms with Crippen molar-refractivity contribution in [2.24, 2.45) is 17.3 Å². The van der Waals surface area contributed by atoms with Crippen molar-refractivity contribution in [1.29, 1.82) is 0 Å². The van der Waals surface area contributed by atoms with Gasteiger partial charge in [-0.15, -0.1) is 6.58 Å². The third-order valence-corrected chi connectivity index (χ3v) is 3.78. The molecule has 1 rings (SSSR count). The van der Waals surface area contributed by atoms with Crippen molar-refractivity contribution in [3.63, 3.8) is 0 Å². The molecule has 2 unspecified atom stereocenters. The van der Waals surface area contributed by atoms with Gasteiger partial charge < -0.3 is 0 Å². The van der Waals surface area contributed by atoms with E-state index in [0.29, 0.717) is 11.8 Å². The number of rotatable bonds is 3. The highest BCUT2D eigenvalue weighted by Crippen LogP contribution is 2.45. The molecule has 0 nitrogen and oxygen atoms in total. The van der Waals surface area contributed by atoms with Gasteiger partial charge in [-0.25, -0.2) is 0 Å². The van der Waals surface area contributed by atoms with Crippen LogP contribution in [0.25, 0.3) is 0 Å². The summed E-state index contributed by atoms with van der Waals surface area (Å²) in [5.41, 5.74) is 3.06. The number of hydrogen-bond donors (Lipinski definition) is 0. The predicted molar refractivity (Wildman–Crippen MR) is 68.8 cm³/mol. The molecule has 15 heavy (non-hydrogen) atoms. The highest BCUT2D eigenvalue weighted by atomic mass is 14.4. The SMILES string of the molecule is C=CC1(C)CCC(C(C)C)=CC1C(=C)C. The Morgan fingerprint density at radius 3 is 2.60 bits per heavy atom. The van der Waals surface area contributed by atoms with Crippen LogP contribution < -0.4 is 0 Å². The number of hydrogen-bond acceptors (Lipinski definition) is 0. The lowest BCUT2D eigenvalue weighted by Gasteiger charge is -2.39. The summed E-state index contributed by atoms with van der Waals surface area (Å²) < 4.78 is 0. The molecule has 0 aromatic rings. The normalized spacial score (nSPS) is 31.3. The van der Waals surface area contributed by atoms with E-state index in [9.17, 15) is 0 Å². The minimum Gasteiger partial charge on any atom is -0.102 e. The average molecular weight is 204 g/mol. The first-order valence-corrected chi connectivity index (χ1v) is 5.90. The van der Waals surface area contributed by atoms with Crippen LogP contribution in [0.2, 0.25) is 0 Å². The van der Waals surface area contributed by atoms with Crippen LogP contribution in [0.5, 0.6) is 0 Å². The lowest BCUT2D eigenvalue weighted by molar-refractivity contribution is 0.294. The summed E-state index contributed by atoms with van der Waals surface area (Å²) in [5.74, 6) is 1.14. The van der Waals surface area contributed by atoms with Crippen LogP contribution in [-0.2, 0) is 0 Å². The van der Waals surface area contributed by atoms with Gasteiger partial charge in [-0.3, -0.25) is 0 Å². The van der Waals surface area contributed by atoms with E-state index >= 15 is 0 Å². The summed E-state index contributed by atoms with van der Waals surface area (Å²) >= 11 is 0. The van der Waals surface area contributed by atoms with E-state index in [1.54, 1.807) is 5.57 Å². The minimum atomic E-state index is 0.213. The Bertz CT molecular complexity index is 293. The molecule has 0 amide bonds. The molecule has 0 heteroatoms. The van der Waals surface area contributed by atoms with Crippen LogP contribution in [0.1, 0.15) is 40.5 Å². The molecular weight excluding hydrogens is 180 g/mol. The van der Waals surface area contributed by atoms with Gasteiger partial charge in [0.15, 0.2) is 0 Å². The van der Waals surface area contributed by atoms with Crippen LogP contribution in [-0.4, -0.2) is 0 Å². The van der Waals surface area contributed by atoms with Gasteiger partial charge in [-0.2, -0.15) is 0 Å². The Balaban J connectivity index is 3.04. The van der Waals surface area contributed by atoms with E-state index < -0.39 is 0 Å². The van der Waals surface area contributed by atoms with E-state index in [1.807, 2.05) is 0 Å². The Hall–Kier alpha value is -0.780. The van der Waals surface area contributed by atoms with E-state index in [1.165, 1.54) is 18.4 Å². The Kier molecular flexibility index (Phi) is 3.59. The highest BCUT2D eigenvalue weighted by Gasteiger charge is 2.34. The molecule has 0 radical (unpaired) electrons. The standard InChI is InChI=1S/C15H24/c1-7-15(6)9-8-13(11(2)3)10-14(15)12(4)5/h7,10-11,14H,1,4,8-9H2,2-3,5-6H3. The quantitative estimate of drug-likeness (QED) is 0.582. The Morgan fingerprint density at radius 1 is 1.60 bits per heavy atom. The molecule has 0 spiro atoms. The molecule has 0 aliphatic heterocycles. The second-order valence-electron chi connectivity index (χ2n) is 5.43. The second-order valence-corrected chi connectivity index (χ2v) is 5.43. The molecule has 1 aliphatic rings. The third kappa shape index (κ3) is 2.42. The Morgan fingerprint density at radius 2 is 2.20 bits per heavy atom. The van der Waals surface area contributed by atoms with Crippen LogP contribution in [0, 0.1) is 17.3 Å². The molecule has 2 atom stereocenters. The van der Waals surface area contributed by atoms with Crippen molar-refractivity contribution >= 4 is 0 Å². The summed E-state index contributed by atoms with van der Waals surface area (Å²) in [5, 5.41) is 0. The fourth-order valence-electron chi connectivity index (χ4n) is 2.47. The molecular formula is C15H24. The zero-order chi connectivity index (χ0) is 11.6. The fourth-order valence-corrected chi connectivity index (χ4v) is 2.47. The fraction of sp³-hybridized carbons (Fsp3) is 0.600. The summed E-state index contributed by atoms with van der Waals surface area (Å²) in [7, 11) is 0. The molecule has 0 heterocycles. The van der Waals surface area contributed by atoms with Gasteiger partial charge in [-0.05, 0) is 31.1 Å². The van der Waals surface area contributed by atoms with Gasteiger partial charge in [0.2, 0.25) is 0 Å². The van der Waals surface area contributed by atoms with Crippen molar-refractivity contribution in [3.05, 3.63) is 36.5 Å². The summed E-state index contributed by atoms with van der Waals surface area (Å²) in [6.45, 7) is 17.1. The second kappa shape index (κ2) is 4.38. The van der Waals surface area contributed by atoms with Crippen molar-refractivity contribution < 1.29 is 0 Å². The van der Waals surface area contributed by atoms with Crippen molar-refractivity contribution in [3.8, 4) is 0 Å². The summed E-state index contributed by atoms with van der Waals surface area (Å²) in [6, 6.07) is 0. The molecule has 0 aromatic carbocycles. The minimum absolute atomic E-state index is 0.213. The molecule has 0 fully saturated rings. The first-order valence-electron chi connectivity index (χ1n) is 5.90. The van der Waals surface area contributed by atoms with Gasteiger partial charge in [0.25, 0.3) is 0 Å². The van der Waals surface area contributed by atoms with E-state index in [-0.39, 0.29) is 5.41 Å². The maximum atomic E-state index is 4.12. The van der Waals surface area contributed by atoms with Gasteiger partial charge in [0, 0.05) is 5.92 Å². The molecule has 0 saturated carbocycles. The highest BCUT2D eigenvalue weighted by molar-refractivity contribution is 5.25. The van der Waals surface area contributed by atoms with E-state index in [4.69, 9.17) is 0 Å². The zero-order valence-corrected chi connectivity index (χ0v) is 10.6. The van der Waals surface area contributed by atoms with Gasteiger partial charge in [0.05, 0.1) is 0 Å². The largest absolute Gasteiger partial charge is 0.102 e. The lowest BCUT2D eigenvalue weighted by atomic mass is 9.65. The van der Waals surface area contributed by atoms with Crippen molar-refractivity contribution in [2.75, 3.05) is 0 Å². The molecule has 0 saturated heterocycles. The molecule has 0 N–H and O–H groups in total. The number of allylic oxidation sites excluding steroid dienone is 4. The molecule has 84 valence electrons. The smallest absolute Gasteiger partial charge is 0.00625 e. The van der Waals surface area contributed by atoms with Crippen molar-refractivity contribution in [1.82, 2.24) is 0 Å². The summed E-state index contributed by atoms with van der Waals surface area (Å²) in [6.07, 6.45) is 6.96. The van der Waals surface area contributed by atoms with E-state index in [2.05, 4.69) is 53.0 Å². The maximum absolute atomic E-state index is 4.12. The van der Waals surface area contributed by atoms with Crippen molar-refractivity contribution in [2.45, 2.75) is 40.5 Å². The van der Waals surface area contributed by atoms with Gasteiger partial charge in [-0.1, -0.05) is 50.6 Å². The van der Waals surface area contributed by atoms with Crippen LogP contribution in [0.3, 0.4) is 0 Å². The van der Waals surface area contributed by atoms with E-state index in [0.717, 1.165) is 0 Å². The van der Waals surface area contributed by atoms with Crippen LogP contribution in [0.15, 0.2) is 36.5 Å². The summed E-state index contributed by atoms with van der Waals surface area (Å²) in [4.78, 5) is 0. The topological polar surface area (TPSA) is 0 Å². The monoisotopic (exact) mass is 204 g/mol. The zero-order valence-electron chi connectivity index (χ0n) is 10.6.